The van der Waals surface area contributed by atoms with Gasteiger partial charge in [0.2, 0.25) is 0 Å². The first-order chi connectivity index (χ1) is 13.2. The van der Waals surface area contributed by atoms with Crippen molar-refractivity contribution < 1.29 is 14.2 Å². The van der Waals surface area contributed by atoms with Crippen molar-refractivity contribution in [1.29, 1.82) is 0 Å². The zero-order chi connectivity index (χ0) is 19.1. The Morgan fingerprint density at radius 2 is 2.26 bits per heavy atom. The predicted octanol–water partition coefficient (Wildman–Crippen LogP) is 1.79. The number of nitrogens with one attached hydrogen (secondary N) is 2. The third kappa shape index (κ3) is 4.67. The Kier molecular flexibility index (Phi) is 6.12. The summed E-state index contributed by atoms with van der Waals surface area (Å²) >= 11 is 0. The second-order valence-electron chi connectivity index (χ2n) is 6.24. The molecule has 0 spiro atoms. The van der Waals surface area contributed by atoms with Gasteiger partial charge in [0.25, 0.3) is 5.56 Å². The van der Waals surface area contributed by atoms with Crippen LogP contribution >= 0.6 is 0 Å². The van der Waals surface area contributed by atoms with Crippen LogP contribution in [0.25, 0.3) is 0 Å². The highest BCUT2D eigenvalue weighted by Gasteiger charge is 2.37. The lowest BCUT2D eigenvalue weighted by atomic mass is 9.99. The van der Waals surface area contributed by atoms with Gasteiger partial charge in [0.05, 0.1) is 26.9 Å². The van der Waals surface area contributed by atoms with Gasteiger partial charge in [-0.2, -0.15) is 0 Å². The van der Waals surface area contributed by atoms with E-state index < -0.39 is 0 Å². The molecular weight excluding hydrogens is 346 g/mol. The second-order valence-corrected chi connectivity index (χ2v) is 6.24. The average molecular weight is 369 g/mol. The van der Waals surface area contributed by atoms with Crippen LogP contribution in [0, 0.1) is 11.8 Å². The van der Waals surface area contributed by atoms with Crippen molar-refractivity contribution >= 4 is 5.69 Å². The van der Waals surface area contributed by atoms with Gasteiger partial charge in [-0.3, -0.25) is 4.79 Å². The van der Waals surface area contributed by atoms with E-state index in [4.69, 9.17) is 14.2 Å². The summed E-state index contributed by atoms with van der Waals surface area (Å²) in [7, 11) is 1.57. The molecule has 0 atom stereocenters. The molecule has 1 aliphatic rings. The molecule has 7 nitrogen and oxygen atoms in total. The zero-order valence-corrected chi connectivity index (χ0v) is 15.5. The van der Waals surface area contributed by atoms with Gasteiger partial charge in [0, 0.05) is 24.5 Å². The molecule has 0 aromatic carbocycles. The summed E-state index contributed by atoms with van der Waals surface area (Å²) in [4.78, 5) is 18.9. The van der Waals surface area contributed by atoms with E-state index in [0.717, 1.165) is 6.42 Å². The number of pyridine rings is 2. The van der Waals surface area contributed by atoms with Crippen LogP contribution in [0.1, 0.15) is 24.6 Å². The maximum atomic E-state index is 12.0. The van der Waals surface area contributed by atoms with Crippen molar-refractivity contribution in [2.45, 2.75) is 18.9 Å². The molecule has 0 unspecified atom stereocenters. The summed E-state index contributed by atoms with van der Waals surface area (Å²) in [5.41, 5.74) is 1.30. The van der Waals surface area contributed by atoms with Crippen molar-refractivity contribution in [2.24, 2.45) is 0 Å². The molecule has 2 aromatic heterocycles. The van der Waals surface area contributed by atoms with E-state index in [-0.39, 0.29) is 11.2 Å². The molecule has 1 aliphatic heterocycles. The van der Waals surface area contributed by atoms with Crippen LogP contribution in [0.15, 0.2) is 35.4 Å². The summed E-state index contributed by atoms with van der Waals surface area (Å²) in [6.45, 7) is 4.37. The van der Waals surface area contributed by atoms with E-state index in [1.807, 2.05) is 0 Å². The molecule has 2 aromatic rings. The smallest absolute Gasteiger partial charge is 0.271 e. The lowest BCUT2D eigenvalue weighted by Crippen LogP contribution is -2.52. The number of aromatic amines is 1. The SMILES string of the molecule is CCC1(OCCNc2cc(C#Cc3ncccc3OC)c[nH]c2=O)COC1. The van der Waals surface area contributed by atoms with Crippen LogP contribution in [-0.2, 0) is 9.47 Å². The van der Waals surface area contributed by atoms with E-state index in [1.54, 1.807) is 37.7 Å². The first kappa shape index (κ1) is 19.0. The lowest BCUT2D eigenvalue weighted by Gasteiger charge is -2.40. The molecule has 1 saturated heterocycles. The molecule has 142 valence electrons. The van der Waals surface area contributed by atoms with Crippen molar-refractivity contribution in [3.05, 3.63) is 52.2 Å². The zero-order valence-electron chi connectivity index (χ0n) is 15.5. The number of hydrogen-bond donors (Lipinski definition) is 2. The third-order valence-electron chi connectivity index (χ3n) is 4.42. The van der Waals surface area contributed by atoms with Crippen LogP contribution in [0.4, 0.5) is 5.69 Å². The third-order valence-corrected chi connectivity index (χ3v) is 4.42. The van der Waals surface area contributed by atoms with Gasteiger partial charge in [0.15, 0.2) is 11.4 Å². The minimum absolute atomic E-state index is 0.164. The summed E-state index contributed by atoms with van der Waals surface area (Å²) in [5.74, 6) is 6.56. The van der Waals surface area contributed by atoms with Gasteiger partial charge in [-0.25, -0.2) is 4.98 Å². The highest BCUT2D eigenvalue weighted by atomic mass is 16.6. The maximum absolute atomic E-state index is 12.0. The van der Waals surface area contributed by atoms with E-state index in [9.17, 15) is 4.79 Å². The monoisotopic (exact) mass is 369 g/mol. The largest absolute Gasteiger partial charge is 0.494 e. The van der Waals surface area contributed by atoms with Gasteiger partial charge >= 0.3 is 0 Å². The van der Waals surface area contributed by atoms with Gasteiger partial charge in [-0.15, -0.1) is 0 Å². The molecule has 0 saturated carbocycles. The highest BCUT2D eigenvalue weighted by Crippen LogP contribution is 2.25. The first-order valence-corrected chi connectivity index (χ1v) is 8.85. The molecule has 0 radical (unpaired) electrons. The molecule has 27 heavy (non-hydrogen) atoms. The van der Waals surface area contributed by atoms with Crippen LogP contribution < -0.4 is 15.6 Å². The fourth-order valence-electron chi connectivity index (χ4n) is 2.64. The normalized spacial score (nSPS) is 14.6. The molecule has 2 N–H and O–H groups in total. The Morgan fingerprint density at radius 1 is 1.41 bits per heavy atom. The summed E-state index contributed by atoms with van der Waals surface area (Å²) in [6, 6.07) is 5.29. The summed E-state index contributed by atoms with van der Waals surface area (Å²) in [5, 5.41) is 3.10. The Morgan fingerprint density at radius 3 is 2.96 bits per heavy atom. The van der Waals surface area contributed by atoms with Crippen LogP contribution in [0.5, 0.6) is 5.75 Å². The van der Waals surface area contributed by atoms with E-state index in [0.29, 0.717) is 49.1 Å². The molecule has 0 bridgehead atoms. The fraction of sp³-hybridized carbons (Fsp3) is 0.400. The molecule has 0 amide bonds. The van der Waals surface area contributed by atoms with Gasteiger partial charge in [-0.1, -0.05) is 12.8 Å². The summed E-state index contributed by atoms with van der Waals surface area (Å²) < 4.78 is 16.4. The number of methoxy groups -OCH3 is 1. The van der Waals surface area contributed by atoms with Gasteiger partial charge in [-0.05, 0) is 30.5 Å². The predicted molar refractivity (Wildman–Crippen MR) is 102 cm³/mol. The Balaban J connectivity index is 1.63. The molecular formula is C20H23N3O4. The Bertz CT molecular complexity index is 888. The molecule has 0 aliphatic carbocycles. The van der Waals surface area contributed by atoms with Crippen LogP contribution in [0.2, 0.25) is 0 Å². The Hall–Kier alpha value is -2.82. The number of H-pyrrole nitrogens is 1. The topological polar surface area (TPSA) is 85.5 Å². The average Bonchev–Trinajstić information content (AvgIpc) is 2.67. The lowest BCUT2D eigenvalue weighted by molar-refractivity contribution is -0.208. The van der Waals surface area contributed by atoms with Crippen molar-refractivity contribution in [2.75, 3.05) is 38.8 Å². The van der Waals surface area contributed by atoms with E-state index in [1.165, 1.54) is 0 Å². The standard InChI is InChI=1S/C20H23N3O4/c1-3-20(13-26-14-20)27-10-9-22-17-11-15(12-23-19(17)24)6-7-16-18(25-2)5-4-8-21-16/h4-5,8,11-12,22H,3,9-10,13-14H2,1-2H3,(H,23,24). The molecule has 1 fully saturated rings. The van der Waals surface area contributed by atoms with E-state index in [2.05, 4.69) is 34.0 Å². The van der Waals surface area contributed by atoms with Crippen molar-refractivity contribution in [1.82, 2.24) is 9.97 Å². The number of ether oxygens (including phenoxy) is 3. The fourth-order valence-corrected chi connectivity index (χ4v) is 2.64. The van der Waals surface area contributed by atoms with Gasteiger partial charge < -0.3 is 24.5 Å². The van der Waals surface area contributed by atoms with Crippen LogP contribution in [0.3, 0.4) is 0 Å². The molecule has 3 heterocycles. The molecule has 7 heteroatoms. The van der Waals surface area contributed by atoms with Gasteiger partial charge in [0.1, 0.15) is 11.3 Å². The minimum atomic E-state index is -0.201. The Labute approximate surface area is 158 Å². The minimum Gasteiger partial charge on any atom is -0.494 e. The number of nitrogens with zero attached hydrogens (tertiary/aromatic N) is 1. The maximum Gasteiger partial charge on any atom is 0.271 e. The summed E-state index contributed by atoms with van der Waals surface area (Å²) in [6.07, 6.45) is 4.14. The van der Waals surface area contributed by atoms with Crippen molar-refractivity contribution in [3.8, 4) is 17.6 Å². The van der Waals surface area contributed by atoms with E-state index >= 15 is 0 Å². The first-order valence-electron chi connectivity index (χ1n) is 8.85. The second kappa shape index (κ2) is 8.71. The quantitative estimate of drug-likeness (QED) is 0.572. The van der Waals surface area contributed by atoms with Crippen LogP contribution in [-0.4, -0.2) is 49.0 Å². The highest BCUT2D eigenvalue weighted by molar-refractivity contribution is 5.50. The number of rotatable bonds is 7. The number of aromatic nitrogens is 2. The number of hydrogen-bond acceptors (Lipinski definition) is 6. The number of anilines is 1. The molecule has 3 rings (SSSR count). The van der Waals surface area contributed by atoms with Crippen molar-refractivity contribution in [3.63, 3.8) is 0 Å².